The van der Waals surface area contributed by atoms with Crippen molar-refractivity contribution in [3.05, 3.63) is 69.8 Å². The highest BCUT2D eigenvalue weighted by Gasteiger charge is 2.05. The van der Waals surface area contributed by atoms with Crippen LogP contribution in [-0.4, -0.2) is 4.98 Å². The smallest absolute Gasteiger partial charge is 0.0706 e. The van der Waals surface area contributed by atoms with Gasteiger partial charge in [-0.25, -0.2) is 0 Å². The van der Waals surface area contributed by atoms with Crippen LogP contribution in [0.5, 0.6) is 0 Å². The third-order valence-electron chi connectivity index (χ3n) is 3.53. The lowest BCUT2D eigenvalue weighted by Gasteiger charge is -2.13. The summed E-state index contributed by atoms with van der Waals surface area (Å²) in [6.07, 6.45) is 0. The molecule has 0 aliphatic carbocycles. The Kier molecular flexibility index (Phi) is 3.93. The van der Waals surface area contributed by atoms with Crippen molar-refractivity contribution in [1.82, 2.24) is 4.98 Å². The van der Waals surface area contributed by atoms with Crippen LogP contribution in [0.3, 0.4) is 0 Å². The van der Waals surface area contributed by atoms with Gasteiger partial charge in [0.25, 0.3) is 0 Å². The first-order chi connectivity index (χ1) is 10.1. The summed E-state index contributed by atoms with van der Waals surface area (Å²) in [5.74, 6) is 0. The van der Waals surface area contributed by atoms with E-state index in [2.05, 4.69) is 70.4 Å². The number of nitrogens with zero attached hydrogens (tertiary/aromatic N) is 1. The number of anilines is 1. The van der Waals surface area contributed by atoms with E-state index < -0.39 is 0 Å². The molecule has 0 unspecified atom stereocenters. The van der Waals surface area contributed by atoms with Crippen LogP contribution in [0.4, 0.5) is 5.69 Å². The second kappa shape index (κ2) is 5.86. The largest absolute Gasteiger partial charge is 0.378 e. The maximum Gasteiger partial charge on any atom is 0.0706 e. The van der Waals surface area contributed by atoms with Gasteiger partial charge in [-0.15, -0.1) is 0 Å². The first kappa shape index (κ1) is 14.1. The number of benzene rings is 2. The Morgan fingerprint density at radius 2 is 1.86 bits per heavy atom. The molecule has 2 nitrogen and oxygen atoms in total. The monoisotopic (exact) mass is 340 g/mol. The van der Waals surface area contributed by atoms with Gasteiger partial charge in [0.05, 0.1) is 23.4 Å². The van der Waals surface area contributed by atoms with Crippen molar-refractivity contribution in [1.29, 1.82) is 0 Å². The maximum absolute atomic E-state index is 4.69. The number of pyridine rings is 1. The summed E-state index contributed by atoms with van der Waals surface area (Å²) in [4.78, 5) is 4.69. The minimum atomic E-state index is 0.716. The summed E-state index contributed by atoms with van der Waals surface area (Å²) >= 11 is 3.63. The number of fused-ring (bicyclic) bond motifs is 1. The molecular formula is C18H17BrN2. The van der Waals surface area contributed by atoms with E-state index in [1.165, 1.54) is 16.5 Å². The normalized spacial score (nSPS) is 10.8. The molecule has 0 bridgehead atoms. The molecule has 0 amide bonds. The fraction of sp³-hybridized carbons (Fsp3) is 0.167. The molecule has 0 saturated carbocycles. The van der Waals surface area contributed by atoms with E-state index in [0.717, 1.165) is 21.4 Å². The molecular weight excluding hydrogens is 324 g/mol. The minimum Gasteiger partial charge on any atom is -0.378 e. The van der Waals surface area contributed by atoms with Crippen molar-refractivity contribution >= 4 is 32.5 Å². The summed E-state index contributed by atoms with van der Waals surface area (Å²) < 4.78 is 1.10. The van der Waals surface area contributed by atoms with Gasteiger partial charge in [0.2, 0.25) is 0 Å². The Labute approximate surface area is 133 Å². The van der Waals surface area contributed by atoms with Crippen LogP contribution in [0, 0.1) is 13.8 Å². The van der Waals surface area contributed by atoms with Crippen LogP contribution in [0.1, 0.15) is 16.8 Å². The number of halogens is 1. The number of hydrogen-bond acceptors (Lipinski definition) is 2. The second-order valence-corrected chi connectivity index (χ2v) is 6.14. The molecule has 0 atom stereocenters. The van der Waals surface area contributed by atoms with Crippen LogP contribution < -0.4 is 5.32 Å². The highest BCUT2D eigenvalue weighted by molar-refractivity contribution is 9.10. The van der Waals surface area contributed by atoms with E-state index in [9.17, 15) is 0 Å². The van der Waals surface area contributed by atoms with Crippen LogP contribution in [-0.2, 0) is 6.54 Å². The number of aromatic nitrogens is 1. The average Bonchev–Trinajstić information content (AvgIpc) is 2.46. The quantitative estimate of drug-likeness (QED) is 0.706. The summed E-state index contributed by atoms with van der Waals surface area (Å²) in [5.41, 5.74) is 5.71. The van der Waals surface area contributed by atoms with Crippen molar-refractivity contribution in [3.8, 4) is 0 Å². The average molecular weight is 341 g/mol. The number of aryl methyl sites for hydroxylation is 2. The van der Waals surface area contributed by atoms with E-state index >= 15 is 0 Å². The Balaban J connectivity index is 1.83. The van der Waals surface area contributed by atoms with E-state index in [1.54, 1.807) is 0 Å². The SMILES string of the molecule is Cc1cc(C)c(NCc2ccc3ccccc3n2)c(Br)c1. The number of rotatable bonds is 3. The van der Waals surface area contributed by atoms with Crippen molar-refractivity contribution in [2.75, 3.05) is 5.32 Å². The Bertz CT molecular complexity index is 773. The molecule has 3 heteroatoms. The lowest BCUT2D eigenvalue weighted by atomic mass is 10.1. The topological polar surface area (TPSA) is 24.9 Å². The van der Waals surface area contributed by atoms with Crippen molar-refractivity contribution in [2.45, 2.75) is 20.4 Å². The van der Waals surface area contributed by atoms with Gasteiger partial charge in [-0.1, -0.05) is 30.3 Å². The van der Waals surface area contributed by atoms with Crippen LogP contribution in [0.25, 0.3) is 10.9 Å². The molecule has 1 N–H and O–H groups in total. The Hall–Kier alpha value is -1.87. The lowest BCUT2D eigenvalue weighted by Crippen LogP contribution is -2.04. The van der Waals surface area contributed by atoms with Crippen molar-refractivity contribution in [2.24, 2.45) is 0 Å². The van der Waals surface area contributed by atoms with E-state index in [4.69, 9.17) is 0 Å². The highest BCUT2D eigenvalue weighted by Crippen LogP contribution is 2.28. The maximum atomic E-state index is 4.69. The van der Waals surface area contributed by atoms with Gasteiger partial charge in [0, 0.05) is 9.86 Å². The molecule has 1 heterocycles. The molecule has 0 spiro atoms. The van der Waals surface area contributed by atoms with Crippen molar-refractivity contribution < 1.29 is 0 Å². The molecule has 3 rings (SSSR count). The first-order valence-corrected chi connectivity index (χ1v) is 7.78. The molecule has 106 valence electrons. The van der Waals surface area contributed by atoms with Gasteiger partial charge in [-0.2, -0.15) is 0 Å². The second-order valence-electron chi connectivity index (χ2n) is 5.29. The van der Waals surface area contributed by atoms with E-state index in [0.29, 0.717) is 6.54 Å². The summed E-state index contributed by atoms with van der Waals surface area (Å²) in [6, 6.07) is 16.7. The molecule has 21 heavy (non-hydrogen) atoms. The van der Waals surface area contributed by atoms with Gasteiger partial charge in [-0.05, 0) is 59.1 Å². The summed E-state index contributed by atoms with van der Waals surface area (Å²) in [7, 11) is 0. The van der Waals surface area contributed by atoms with Crippen molar-refractivity contribution in [3.63, 3.8) is 0 Å². The van der Waals surface area contributed by atoms with Gasteiger partial charge >= 0.3 is 0 Å². The zero-order valence-electron chi connectivity index (χ0n) is 12.2. The molecule has 2 aromatic carbocycles. The van der Waals surface area contributed by atoms with Crippen LogP contribution >= 0.6 is 15.9 Å². The fourth-order valence-corrected chi connectivity index (χ4v) is 3.34. The van der Waals surface area contributed by atoms with E-state index in [1.807, 2.05) is 18.2 Å². The molecule has 0 aliphatic heterocycles. The van der Waals surface area contributed by atoms with Gasteiger partial charge < -0.3 is 5.32 Å². The Morgan fingerprint density at radius 3 is 2.67 bits per heavy atom. The predicted octanol–water partition coefficient (Wildman–Crippen LogP) is 5.23. The number of nitrogens with one attached hydrogen (secondary N) is 1. The number of hydrogen-bond donors (Lipinski definition) is 1. The third-order valence-corrected chi connectivity index (χ3v) is 4.16. The van der Waals surface area contributed by atoms with E-state index in [-0.39, 0.29) is 0 Å². The Morgan fingerprint density at radius 1 is 1.05 bits per heavy atom. The predicted molar refractivity (Wildman–Crippen MR) is 92.7 cm³/mol. The van der Waals surface area contributed by atoms with Crippen LogP contribution in [0.2, 0.25) is 0 Å². The lowest BCUT2D eigenvalue weighted by molar-refractivity contribution is 1.06. The molecule has 0 aliphatic rings. The van der Waals surface area contributed by atoms with Gasteiger partial charge in [-0.3, -0.25) is 4.98 Å². The molecule has 0 saturated heterocycles. The molecule has 3 aromatic rings. The van der Waals surface area contributed by atoms with Gasteiger partial charge in [0.1, 0.15) is 0 Å². The zero-order chi connectivity index (χ0) is 14.8. The molecule has 0 fully saturated rings. The summed E-state index contributed by atoms with van der Waals surface area (Å²) in [6.45, 7) is 4.94. The third kappa shape index (κ3) is 3.08. The first-order valence-electron chi connectivity index (χ1n) is 6.99. The molecule has 1 aromatic heterocycles. The standard InChI is InChI=1S/C18H17BrN2/c1-12-9-13(2)18(16(19)10-12)20-11-15-8-7-14-5-3-4-6-17(14)21-15/h3-10,20H,11H2,1-2H3. The fourth-order valence-electron chi connectivity index (χ4n) is 2.53. The highest BCUT2D eigenvalue weighted by atomic mass is 79.9. The minimum absolute atomic E-state index is 0.716. The van der Waals surface area contributed by atoms with Gasteiger partial charge in [0.15, 0.2) is 0 Å². The van der Waals surface area contributed by atoms with Crippen LogP contribution in [0.15, 0.2) is 53.0 Å². The zero-order valence-corrected chi connectivity index (χ0v) is 13.7. The molecule has 0 radical (unpaired) electrons. The summed E-state index contributed by atoms with van der Waals surface area (Å²) in [5, 5.41) is 4.66. The number of para-hydroxylation sites is 1.